The van der Waals surface area contributed by atoms with Crippen molar-refractivity contribution in [3.63, 3.8) is 0 Å². The molecule has 0 saturated heterocycles. The van der Waals surface area contributed by atoms with Crippen molar-refractivity contribution in [2.45, 2.75) is 0 Å². The lowest BCUT2D eigenvalue weighted by Crippen LogP contribution is -2.14. The standard InChI is InChI=1S/C21H22O7/c1-24-20(22)14-27-18-11-17(12-19(13-18)28-15-21(23)25-2)26-10-6-9-16-7-4-3-5-8-16/h3-9,11-13H,10,14-15H2,1-2H3/b9-6+. The summed E-state index contributed by atoms with van der Waals surface area (Å²) in [7, 11) is 2.55. The fourth-order valence-electron chi connectivity index (χ4n) is 2.09. The lowest BCUT2D eigenvalue weighted by Gasteiger charge is -2.12. The summed E-state index contributed by atoms with van der Waals surface area (Å²) in [6.45, 7) is -0.208. The topological polar surface area (TPSA) is 80.3 Å². The second-order valence-electron chi connectivity index (χ2n) is 5.49. The minimum absolute atomic E-state index is 0.260. The molecule has 0 aliphatic heterocycles. The van der Waals surface area contributed by atoms with E-state index in [-0.39, 0.29) is 13.2 Å². The summed E-state index contributed by atoms with van der Waals surface area (Å²) in [4.78, 5) is 22.5. The van der Waals surface area contributed by atoms with Crippen molar-refractivity contribution < 1.29 is 33.3 Å². The number of methoxy groups -OCH3 is 2. The van der Waals surface area contributed by atoms with E-state index in [1.165, 1.54) is 14.2 Å². The van der Waals surface area contributed by atoms with Crippen molar-refractivity contribution in [2.75, 3.05) is 34.0 Å². The van der Waals surface area contributed by atoms with E-state index in [0.29, 0.717) is 23.9 Å². The molecule has 0 fully saturated rings. The van der Waals surface area contributed by atoms with Gasteiger partial charge < -0.3 is 23.7 Å². The Hall–Kier alpha value is -3.48. The van der Waals surface area contributed by atoms with Gasteiger partial charge in [0.2, 0.25) is 0 Å². The maximum atomic E-state index is 11.3. The second kappa shape index (κ2) is 11.3. The predicted octanol–water partition coefficient (Wildman–Crippen LogP) is 2.88. The van der Waals surface area contributed by atoms with Gasteiger partial charge in [-0.1, -0.05) is 36.4 Å². The van der Waals surface area contributed by atoms with Crippen LogP contribution in [0, 0.1) is 0 Å². The number of rotatable bonds is 10. The average molecular weight is 386 g/mol. The Morgan fingerprint density at radius 2 is 1.29 bits per heavy atom. The van der Waals surface area contributed by atoms with Gasteiger partial charge in [-0.3, -0.25) is 0 Å². The van der Waals surface area contributed by atoms with Crippen LogP contribution in [0.3, 0.4) is 0 Å². The smallest absolute Gasteiger partial charge is 0.343 e. The molecule has 2 rings (SSSR count). The Bertz CT molecular complexity index is 761. The molecule has 0 N–H and O–H groups in total. The molecule has 28 heavy (non-hydrogen) atoms. The van der Waals surface area contributed by atoms with Crippen LogP contribution in [0.15, 0.2) is 54.6 Å². The van der Waals surface area contributed by atoms with Gasteiger partial charge in [0.15, 0.2) is 13.2 Å². The lowest BCUT2D eigenvalue weighted by molar-refractivity contribution is -0.143. The number of carbonyl (C=O) groups excluding carboxylic acids is 2. The van der Waals surface area contributed by atoms with Gasteiger partial charge in [0.05, 0.1) is 14.2 Å². The van der Waals surface area contributed by atoms with E-state index in [4.69, 9.17) is 14.2 Å². The van der Waals surface area contributed by atoms with Crippen LogP contribution < -0.4 is 14.2 Å². The van der Waals surface area contributed by atoms with Gasteiger partial charge in [-0.05, 0) is 11.6 Å². The zero-order valence-electron chi connectivity index (χ0n) is 15.8. The van der Waals surface area contributed by atoms with Crippen LogP contribution >= 0.6 is 0 Å². The molecule has 0 radical (unpaired) electrons. The normalized spacial score (nSPS) is 10.4. The molecule has 0 unspecified atom stereocenters. The highest BCUT2D eigenvalue weighted by atomic mass is 16.6. The number of esters is 2. The molecule has 0 spiro atoms. The highest BCUT2D eigenvalue weighted by molar-refractivity contribution is 5.71. The number of hydrogen-bond donors (Lipinski definition) is 0. The first-order valence-electron chi connectivity index (χ1n) is 8.49. The van der Waals surface area contributed by atoms with Crippen molar-refractivity contribution in [3.05, 3.63) is 60.2 Å². The Morgan fingerprint density at radius 3 is 1.79 bits per heavy atom. The molecule has 0 saturated carbocycles. The third kappa shape index (κ3) is 7.41. The van der Waals surface area contributed by atoms with Crippen molar-refractivity contribution in [1.29, 1.82) is 0 Å². The monoisotopic (exact) mass is 386 g/mol. The van der Waals surface area contributed by atoms with Crippen LogP contribution in [0.5, 0.6) is 17.2 Å². The minimum Gasteiger partial charge on any atom is -0.489 e. The highest BCUT2D eigenvalue weighted by Crippen LogP contribution is 2.28. The van der Waals surface area contributed by atoms with Crippen LogP contribution in [-0.4, -0.2) is 46.0 Å². The molecule has 148 valence electrons. The van der Waals surface area contributed by atoms with Crippen LogP contribution in [0.25, 0.3) is 6.08 Å². The number of hydrogen-bond acceptors (Lipinski definition) is 7. The van der Waals surface area contributed by atoms with Crippen LogP contribution in [0.4, 0.5) is 0 Å². The molecule has 0 atom stereocenters. The molecule has 0 bridgehead atoms. The second-order valence-corrected chi connectivity index (χ2v) is 5.49. The van der Waals surface area contributed by atoms with Crippen LogP contribution in [0.1, 0.15) is 5.56 Å². The van der Waals surface area contributed by atoms with E-state index in [1.807, 2.05) is 42.5 Å². The fourth-order valence-corrected chi connectivity index (χ4v) is 2.09. The summed E-state index contributed by atoms with van der Waals surface area (Å²) in [5.74, 6) is 0.104. The summed E-state index contributed by atoms with van der Waals surface area (Å²) in [5.41, 5.74) is 1.06. The van der Waals surface area contributed by atoms with Crippen LogP contribution in [-0.2, 0) is 19.1 Å². The number of benzene rings is 2. The fraction of sp³-hybridized carbons (Fsp3) is 0.238. The van der Waals surface area contributed by atoms with E-state index >= 15 is 0 Å². The van der Waals surface area contributed by atoms with Crippen molar-refractivity contribution >= 4 is 18.0 Å². The zero-order valence-corrected chi connectivity index (χ0v) is 15.8. The molecular formula is C21H22O7. The molecule has 2 aromatic carbocycles. The van der Waals surface area contributed by atoms with Gasteiger partial charge in [0, 0.05) is 18.2 Å². The van der Waals surface area contributed by atoms with Gasteiger partial charge in [0.25, 0.3) is 0 Å². The third-order valence-corrected chi connectivity index (χ3v) is 3.48. The van der Waals surface area contributed by atoms with E-state index in [0.717, 1.165) is 5.56 Å². The molecule has 0 aliphatic rings. The Labute approximate surface area is 163 Å². The van der Waals surface area contributed by atoms with E-state index < -0.39 is 11.9 Å². The quantitative estimate of drug-likeness (QED) is 0.581. The first kappa shape index (κ1) is 20.8. The van der Waals surface area contributed by atoms with Crippen molar-refractivity contribution in [1.82, 2.24) is 0 Å². The Morgan fingerprint density at radius 1 is 0.786 bits per heavy atom. The molecule has 0 heterocycles. The molecular weight excluding hydrogens is 364 g/mol. The maximum Gasteiger partial charge on any atom is 0.343 e. The number of ether oxygens (including phenoxy) is 5. The Kier molecular flexibility index (Phi) is 8.39. The van der Waals surface area contributed by atoms with Crippen molar-refractivity contribution in [3.8, 4) is 17.2 Å². The van der Waals surface area contributed by atoms with Gasteiger partial charge in [0.1, 0.15) is 23.9 Å². The molecule has 2 aromatic rings. The summed E-state index contributed by atoms with van der Waals surface area (Å²) in [5, 5.41) is 0. The maximum absolute atomic E-state index is 11.3. The Balaban J connectivity index is 2.03. The molecule has 7 nitrogen and oxygen atoms in total. The highest BCUT2D eigenvalue weighted by Gasteiger charge is 2.09. The van der Waals surface area contributed by atoms with Gasteiger partial charge >= 0.3 is 11.9 Å². The SMILES string of the molecule is COC(=O)COc1cc(OC/C=C/c2ccccc2)cc(OCC(=O)OC)c1. The first-order chi connectivity index (χ1) is 13.6. The van der Waals surface area contributed by atoms with E-state index in [1.54, 1.807) is 18.2 Å². The summed E-state index contributed by atoms with van der Waals surface area (Å²) < 4.78 is 25.6. The summed E-state index contributed by atoms with van der Waals surface area (Å²) >= 11 is 0. The van der Waals surface area contributed by atoms with Gasteiger partial charge in [-0.15, -0.1) is 0 Å². The summed E-state index contributed by atoms with van der Waals surface area (Å²) in [6, 6.07) is 14.6. The largest absolute Gasteiger partial charge is 0.489 e. The molecule has 0 aliphatic carbocycles. The minimum atomic E-state index is -0.519. The average Bonchev–Trinajstić information content (AvgIpc) is 2.74. The molecule has 0 amide bonds. The number of carbonyl (C=O) groups is 2. The molecule has 0 aromatic heterocycles. The van der Waals surface area contributed by atoms with E-state index in [2.05, 4.69) is 9.47 Å². The molecule has 7 heteroatoms. The third-order valence-electron chi connectivity index (χ3n) is 3.48. The predicted molar refractivity (Wildman–Crippen MR) is 102 cm³/mol. The van der Waals surface area contributed by atoms with Gasteiger partial charge in [-0.2, -0.15) is 0 Å². The van der Waals surface area contributed by atoms with Crippen molar-refractivity contribution in [2.24, 2.45) is 0 Å². The van der Waals surface area contributed by atoms with E-state index in [9.17, 15) is 9.59 Å². The zero-order chi connectivity index (χ0) is 20.2. The van der Waals surface area contributed by atoms with Crippen LogP contribution in [0.2, 0.25) is 0 Å². The van der Waals surface area contributed by atoms with Gasteiger partial charge in [-0.25, -0.2) is 9.59 Å². The summed E-state index contributed by atoms with van der Waals surface area (Å²) in [6.07, 6.45) is 3.80. The first-order valence-corrected chi connectivity index (χ1v) is 8.49. The lowest BCUT2D eigenvalue weighted by atomic mass is 10.2.